The maximum Gasteiger partial charge on any atom is 0.268 e. The smallest absolute Gasteiger partial charge is 0.268 e. The molecule has 0 aliphatic heterocycles. The Morgan fingerprint density at radius 3 is 1.22 bits per heavy atom. The second-order valence-corrected chi connectivity index (χ2v) is 5.49. The minimum Gasteiger partial charge on any atom is -0.270 e. The van der Waals surface area contributed by atoms with Crippen molar-refractivity contribution in [3.63, 3.8) is 0 Å². The number of benzene rings is 3. The second-order valence-electron chi connectivity index (χ2n) is 5.27. The van der Waals surface area contributed by atoms with E-state index in [1.807, 2.05) is 91.0 Å². The molecular weight excluding hydrogens is 301 g/mol. The summed E-state index contributed by atoms with van der Waals surface area (Å²) >= 11 is 0. The van der Waals surface area contributed by atoms with Gasteiger partial charge >= 0.3 is 0 Å². The molecule has 0 bridgehead atoms. The van der Waals surface area contributed by atoms with Crippen LogP contribution >= 0.6 is 9.03 Å². The van der Waals surface area contributed by atoms with Crippen LogP contribution in [0, 0.1) is 0 Å². The van der Waals surface area contributed by atoms with E-state index >= 15 is 0 Å². The Morgan fingerprint density at radius 2 is 0.957 bits per heavy atom. The molecule has 112 valence electrons. The maximum atomic E-state index is 13.0. The largest absolute Gasteiger partial charge is 0.270 e. The number of hydrogen-bond donors (Lipinski definition) is 0. The van der Waals surface area contributed by atoms with Crippen LogP contribution < -0.4 is 0 Å². The van der Waals surface area contributed by atoms with Gasteiger partial charge < -0.3 is 0 Å². The van der Waals surface area contributed by atoms with Crippen LogP contribution in [0.5, 0.6) is 0 Å². The van der Waals surface area contributed by atoms with Crippen molar-refractivity contribution in [2.75, 3.05) is 0 Å². The molecule has 0 unspecified atom stereocenters. The van der Waals surface area contributed by atoms with Crippen LogP contribution in [0.3, 0.4) is 0 Å². The standard InChI is InChI=1S/C20H16NOP/c22-19(21-23)20(16-10-4-1-5-11-16,17-12-6-2-7-13-17)18-14-8-3-9-15-18/h1-15,23H. The fraction of sp³-hybridized carbons (Fsp3) is 0.0500. The van der Waals surface area contributed by atoms with Gasteiger partial charge in [-0.25, -0.2) is 0 Å². The highest BCUT2D eigenvalue weighted by Crippen LogP contribution is 2.40. The molecule has 3 aromatic carbocycles. The van der Waals surface area contributed by atoms with Gasteiger partial charge in [0, 0.05) is 0 Å². The Kier molecular flexibility index (Phi) is 4.45. The lowest BCUT2D eigenvalue weighted by atomic mass is 9.69. The van der Waals surface area contributed by atoms with Crippen molar-refractivity contribution >= 4 is 14.9 Å². The third-order valence-corrected chi connectivity index (χ3v) is 4.25. The lowest BCUT2D eigenvalue weighted by Gasteiger charge is -2.32. The van der Waals surface area contributed by atoms with E-state index in [4.69, 9.17) is 0 Å². The van der Waals surface area contributed by atoms with Gasteiger partial charge in [0.1, 0.15) is 5.41 Å². The minimum atomic E-state index is -0.967. The van der Waals surface area contributed by atoms with Crippen LogP contribution in [0.25, 0.3) is 0 Å². The number of rotatable bonds is 4. The van der Waals surface area contributed by atoms with E-state index in [-0.39, 0.29) is 5.91 Å². The SMILES string of the molecule is O=C(N=P)C(c1ccccc1)(c1ccccc1)c1ccccc1. The van der Waals surface area contributed by atoms with Crippen molar-refractivity contribution in [2.24, 2.45) is 4.74 Å². The molecule has 1 amide bonds. The summed E-state index contributed by atoms with van der Waals surface area (Å²) in [7, 11) is 3.07. The van der Waals surface area contributed by atoms with Crippen molar-refractivity contribution in [2.45, 2.75) is 5.41 Å². The summed E-state index contributed by atoms with van der Waals surface area (Å²) in [6.45, 7) is 0. The van der Waals surface area contributed by atoms with Gasteiger partial charge in [-0.2, -0.15) is 4.74 Å². The van der Waals surface area contributed by atoms with Crippen LogP contribution in [0.15, 0.2) is 95.7 Å². The summed E-state index contributed by atoms with van der Waals surface area (Å²) in [4.78, 5) is 13.0. The monoisotopic (exact) mass is 317 g/mol. The Balaban J connectivity index is 2.40. The topological polar surface area (TPSA) is 29.4 Å². The molecule has 3 aromatic rings. The molecule has 0 fully saturated rings. The first kappa shape index (κ1) is 15.3. The molecule has 3 heteroatoms. The molecule has 3 rings (SSSR count). The predicted molar refractivity (Wildman–Crippen MR) is 95.0 cm³/mol. The molecular formula is C20H16NOP. The molecule has 0 spiro atoms. The molecule has 0 aliphatic rings. The van der Waals surface area contributed by atoms with E-state index in [0.29, 0.717) is 0 Å². The van der Waals surface area contributed by atoms with Crippen LogP contribution in [-0.2, 0) is 10.2 Å². The number of amides is 1. The summed E-state index contributed by atoms with van der Waals surface area (Å²) in [5.74, 6) is -0.252. The molecule has 0 heterocycles. The van der Waals surface area contributed by atoms with Crippen molar-refractivity contribution < 1.29 is 4.79 Å². The molecule has 2 nitrogen and oxygen atoms in total. The highest BCUT2D eigenvalue weighted by atomic mass is 31.0. The Hall–Kier alpha value is -2.57. The van der Waals surface area contributed by atoms with Gasteiger partial charge in [-0.1, -0.05) is 91.0 Å². The molecule has 0 N–H and O–H groups in total. The molecule has 0 aliphatic carbocycles. The molecule has 0 atom stereocenters. The molecule has 0 saturated carbocycles. The summed E-state index contributed by atoms with van der Waals surface area (Å²) in [6, 6.07) is 29.3. The average molecular weight is 317 g/mol. The minimum absolute atomic E-state index is 0.252. The van der Waals surface area contributed by atoms with Crippen molar-refractivity contribution in [1.82, 2.24) is 0 Å². The zero-order valence-corrected chi connectivity index (χ0v) is 13.5. The quantitative estimate of drug-likeness (QED) is 0.498. The van der Waals surface area contributed by atoms with Gasteiger partial charge in [-0.05, 0) is 25.7 Å². The van der Waals surface area contributed by atoms with Crippen LogP contribution in [0.4, 0.5) is 0 Å². The van der Waals surface area contributed by atoms with Crippen LogP contribution in [0.2, 0.25) is 0 Å². The lowest BCUT2D eigenvalue weighted by molar-refractivity contribution is -0.120. The van der Waals surface area contributed by atoms with Crippen molar-refractivity contribution in [3.05, 3.63) is 108 Å². The van der Waals surface area contributed by atoms with E-state index in [1.54, 1.807) is 0 Å². The van der Waals surface area contributed by atoms with Gasteiger partial charge in [-0.15, -0.1) is 0 Å². The third-order valence-electron chi connectivity index (χ3n) is 4.04. The second kappa shape index (κ2) is 6.68. The highest BCUT2D eigenvalue weighted by Gasteiger charge is 2.43. The zero-order valence-electron chi connectivity index (χ0n) is 12.5. The number of hydrogen-bond acceptors (Lipinski definition) is 1. The lowest BCUT2D eigenvalue weighted by Crippen LogP contribution is -2.37. The normalized spacial score (nSPS) is 11.0. The summed E-state index contributed by atoms with van der Waals surface area (Å²) in [5, 5.41) is 0. The Bertz CT molecular complexity index is 704. The first-order valence-electron chi connectivity index (χ1n) is 7.38. The molecule has 0 radical (unpaired) electrons. The van der Waals surface area contributed by atoms with E-state index in [2.05, 4.69) is 13.8 Å². The highest BCUT2D eigenvalue weighted by molar-refractivity contribution is 7.04. The first-order chi connectivity index (χ1) is 11.3. The Labute approximate surface area is 138 Å². The van der Waals surface area contributed by atoms with Gasteiger partial charge in [0.05, 0.1) is 0 Å². The predicted octanol–water partition coefficient (Wildman–Crippen LogP) is 4.87. The summed E-state index contributed by atoms with van der Waals surface area (Å²) in [5.41, 5.74) is 1.71. The third kappa shape index (κ3) is 2.62. The number of nitrogens with zero attached hydrogens (tertiary/aromatic N) is 1. The van der Waals surface area contributed by atoms with E-state index in [1.165, 1.54) is 0 Å². The molecule has 0 aromatic heterocycles. The van der Waals surface area contributed by atoms with E-state index in [9.17, 15) is 4.79 Å². The van der Waals surface area contributed by atoms with Crippen LogP contribution in [-0.4, -0.2) is 5.91 Å². The van der Waals surface area contributed by atoms with Gasteiger partial charge in [-0.3, -0.25) is 4.79 Å². The average Bonchev–Trinajstić information content (AvgIpc) is 2.65. The Morgan fingerprint density at radius 1 is 0.652 bits per heavy atom. The number of carbonyl (C=O) groups excluding carboxylic acids is 1. The summed E-state index contributed by atoms with van der Waals surface area (Å²) < 4.78 is 3.86. The van der Waals surface area contributed by atoms with Crippen molar-refractivity contribution in [1.29, 1.82) is 0 Å². The van der Waals surface area contributed by atoms with Gasteiger partial charge in [0.15, 0.2) is 0 Å². The fourth-order valence-electron chi connectivity index (χ4n) is 3.02. The summed E-state index contributed by atoms with van der Waals surface area (Å²) in [6.07, 6.45) is 0. The van der Waals surface area contributed by atoms with E-state index in [0.717, 1.165) is 16.7 Å². The van der Waals surface area contributed by atoms with Crippen LogP contribution in [0.1, 0.15) is 16.7 Å². The van der Waals surface area contributed by atoms with Gasteiger partial charge in [0.2, 0.25) is 0 Å². The fourth-order valence-corrected chi connectivity index (χ4v) is 3.19. The maximum absolute atomic E-state index is 13.0. The van der Waals surface area contributed by atoms with Gasteiger partial charge in [0.25, 0.3) is 5.91 Å². The van der Waals surface area contributed by atoms with Crippen molar-refractivity contribution in [3.8, 4) is 0 Å². The van der Waals surface area contributed by atoms with E-state index < -0.39 is 5.41 Å². The molecule has 0 saturated heterocycles. The molecule has 23 heavy (non-hydrogen) atoms. The zero-order chi connectivity index (χ0) is 16.1. The number of carbonyl (C=O) groups is 1. The first-order valence-corrected chi connectivity index (χ1v) is 7.83.